The average Bonchev–Trinajstić information content (AvgIpc) is 0.808. The third-order valence-electron chi connectivity index (χ3n) is 26.8. The number of nitrogens with zero attached hydrogens (tertiary/aromatic N) is 6. The number of aryl methyl sites for hydroxylation is 2. The van der Waals surface area contributed by atoms with E-state index in [9.17, 15) is 35.6 Å². The molecule has 0 spiro atoms. The van der Waals surface area contributed by atoms with Crippen LogP contribution in [0.2, 0.25) is 0 Å². The second-order valence-corrected chi connectivity index (χ2v) is 36.1. The number of hydrogen-bond acceptors (Lipinski definition) is 12. The molecule has 686 valence electrons. The number of hydrogen-bond donors (Lipinski definition) is 5. The van der Waals surface area contributed by atoms with Crippen LogP contribution >= 0.6 is 0 Å². The molecule has 3 heterocycles. The van der Waals surface area contributed by atoms with Gasteiger partial charge in [-0.15, -0.1) is 0 Å². The second-order valence-electron chi connectivity index (χ2n) is 36.1. The maximum absolute atomic E-state index is 11.3. The highest BCUT2D eigenvalue weighted by Crippen LogP contribution is 2.43. The molecular weight excluding hydrogens is 1630 g/mol. The summed E-state index contributed by atoms with van der Waals surface area (Å²) in [7, 11) is 2.22. The molecule has 0 unspecified atom stereocenters. The Bertz CT molecular complexity index is 5600. The Morgan fingerprint density at radius 1 is 0.341 bits per heavy atom. The van der Waals surface area contributed by atoms with Gasteiger partial charge < -0.3 is 45.1 Å². The van der Waals surface area contributed by atoms with Crippen LogP contribution in [-0.4, -0.2) is 157 Å². The third-order valence-corrected chi connectivity index (χ3v) is 26.8. The monoisotopic (exact) mass is 1760 g/mol. The normalized spacial score (nSPS) is 15.5. The summed E-state index contributed by atoms with van der Waals surface area (Å²) < 4.78 is 0. The number of aromatic hydroxyl groups is 1. The molecule has 0 bridgehead atoms. The molecule has 3 saturated heterocycles. The van der Waals surface area contributed by atoms with E-state index in [0.717, 1.165) is 147 Å². The van der Waals surface area contributed by atoms with Gasteiger partial charge in [-0.05, 0) is 314 Å². The highest BCUT2D eigenvalue weighted by molar-refractivity contribution is 6.02. The van der Waals surface area contributed by atoms with Crippen LogP contribution < -0.4 is 9.80 Å². The van der Waals surface area contributed by atoms with Gasteiger partial charge in [0.05, 0.1) is 4.92 Å². The molecular formula is C119H138N6O7. The van der Waals surface area contributed by atoms with Gasteiger partial charge in [-0.3, -0.25) is 15.0 Å². The van der Waals surface area contributed by atoms with Crippen molar-refractivity contribution in [2.75, 3.05) is 115 Å². The van der Waals surface area contributed by atoms with Crippen molar-refractivity contribution >= 4 is 61.6 Å². The van der Waals surface area contributed by atoms with Gasteiger partial charge in [0.2, 0.25) is 0 Å². The molecule has 16 rings (SSSR count). The standard InChI is InChI=1S/C30H35N3O3.C30H35NO.C30H34O.C29H34N2O2/c1-23(2)31-18-20-32(21-19-31)27-14-10-25(11-15-27)30(26-12-16-28(17-13-26)33(35)36)29(9-6-22-34)24-7-4-3-5-8-24;1-23-10-12-27(13-11-23)30(29(9-6-22-32)26-7-4-3-5-8-26)28-16-14-24(15-17-28)25-18-20-31(2)21-19-25;1-23-14-16-27(17-15-23)30(29(13-8-22-31)26-11-6-3-7-12-26)28-20-18-25(19-21-28)24-9-4-2-5-10-24;1-2-30-18-20-31(21-19-30)26-14-10-24(11-15-26)29(25-12-16-27(33)17-13-25)28(9-6-22-32)23-7-4-3-5-8-23/h3-5,7-8,10-17,23,34H,6,9,18-22H2,1-2H3;3-5,7-8,10-17,25,32H,6,9,18-22H2,1-2H3;3,6-7,11-12,14-21,24,31H,2,4-5,8-10,13,22H2,1H3;3-5,7-8,10-17,32-33H,2,6,9,18-22H2,1H3/b30-29+;2*30-29-;29-28+. The highest BCUT2D eigenvalue weighted by Gasteiger charge is 2.26. The van der Waals surface area contributed by atoms with Gasteiger partial charge in [-0.25, -0.2) is 0 Å². The summed E-state index contributed by atoms with van der Waals surface area (Å²) in [6.07, 6.45) is 15.3. The van der Waals surface area contributed by atoms with Gasteiger partial charge in [-0.2, -0.15) is 0 Å². The van der Waals surface area contributed by atoms with E-state index in [1.54, 1.807) is 24.3 Å². The zero-order chi connectivity index (χ0) is 92.3. The van der Waals surface area contributed by atoms with Gasteiger partial charge in [0, 0.05) is 108 Å². The van der Waals surface area contributed by atoms with Crippen molar-refractivity contribution in [1.82, 2.24) is 14.7 Å². The SMILES string of the molecule is CC(C)N1CCN(c2ccc(/C(=C(/CCCO)c3ccccc3)c3ccc([N+](=O)[O-])cc3)cc2)CC1.CCN1CCN(c2ccc(/C(=C(/CCCO)c3ccccc3)c3ccc(O)cc3)cc2)CC1.Cc1ccc(/C(=C(\CCCO)c2ccccc2)c2ccc(C3CCCCC3)cc2)cc1.Cc1ccc(/C(=C(\CCCO)c2ccccc2)c2ccc(C3CCN(C)CC3)cc2)cc1. The van der Waals surface area contributed by atoms with Gasteiger partial charge in [0.25, 0.3) is 5.69 Å². The smallest absolute Gasteiger partial charge is 0.269 e. The Hall–Kier alpha value is -11.9. The van der Waals surface area contributed by atoms with Gasteiger partial charge in [-0.1, -0.05) is 292 Å². The maximum atomic E-state index is 11.3. The van der Waals surface area contributed by atoms with Crippen molar-refractivity contribution in [1.29, 1.82) is 0 Å². The van der Waals surface area contributed by atoms with Crippen LogP contribution in [0.5, 0.6) is 5.75 Å². The minimum absolute atomic E-state index is 0.0746. The molecule has 5 N–H and O–H groups in total. The van der Waals surface area contributed by atoms with Crippen molar-refractivity contribution in [3.63, 3.8) is 0 Å². The minimum atomic E-state index is -0.370. The molecule has 13 heteroatoms. The maximum Gasteiger partial charge on any atom is 0.269 e. The molecule has 4 fully saturated rings. The molecule has 132 heavy (non-hydrogen) atoms. The van der Waals surface area contributed by atoms with Crippen LogP contribution in [0.3, 0.4) is 0 Å². The molecule has 4 aliphatic rings. The van der Waals surface area contributed by atoms with Crippen molar-refractivity contribution in [2.24, 2.45) is 0 Å². The van der Waals surface area contributed by atoms with Crippen LogP contribution in [-0.2, 0) is 0 Å². The number of aliphatic hydroxyl groups is 4. The molecule has 13 nitrogen and oxygen atoms in total. The molecule has 0 aromatic heterocycles. The largest absolute Gasteiger partial charge is 0.508 e. The van der Waals surface area contributed by atoms with Crippen LogP contribution in [0.1, 0.15) is 218 Å². The summed E-state index contributed by atoms with van der Waals surface area (Å²) in [6.45, 7) is 23.6. The summed E-state index contributed by atoms with van der Waals surface area (Å²) in [4.78, 5) is 23.2. The van der Waals surface area contributed by atoms with Crippen LogP contribution in [0.25, 0.3) is 44.6 Å². The molecule has 0 amide bonds. The Labute approximate surface area is 786 Å². The van der Waals surface area contributed by atoms with Crippen molar-refractivity contribution < 1.29 is 30.5 Å². The lowest BCUT2D eigenvalue weighted by Gasteiger charge is -2.38. The Morgan fingerprint density at radius 3 is 0.917 bits per heavy atom. The lowest BCUT2D eigenvalue weighted by Crippen LogP contribution is -2.48. The van der Waals surface area contributed by atoms with Gasteiger partial charge in [0.15, 0.2) is 0 Å². The first kappa shape index (κ1) is 97.6. The average molecular weight is 1760 g/mol. The number of piperazine rings is 2. The van der Waals surface area contributed by atoms with E-state index >= 15 is 0 Å². The number of rotatable bonds is 31. The number of nitro groups is 1. The van der Waals surface area contributed by atoms with Gasteiger partial charge >= 0.3 is 0 Å². The number of allylic oxidation sites excluding steroid dienone is 4. The summed E-state index contributed by atoms with van der Waals surface area (Å²) in [6, 6.07) is 111. The van der Waals surface area contributed by atoms with E-state index in [1.165, 1.54) is 153 Å². The Kier molecular flexibility index (Phi) is 37.5. The number of non-ortho nitro benzene ring substituents is 1. The number of phenolic OH excluding ortho intramolecular Hbond substituents is 1. The Morgan fingerprint density at radius 2 is 0.621 bits per heavy atom. The number of likely N-dealkylation sites (tertiary alicyclic amines) is 1. The number of nitro benzene ring substituents is 1. The van der Waals surface area contributed by atoms with Crippen LogP contribution in [0, 0.1) is 24.0 Å². The van der Waals surface area contributed by atoms with Crippen LogP contribution in [0.4, 0.5) is 17.1 Å². The van der Waals surface area contributed by atoms with E-state index in [2.05, 4.69) is 309 Å². The van der Waals surface area contributed by atoms with Crippen LogP contribution in [0.15, 0.2) is 315 Å². The first-order chi connectivity index (χ1) is 64.6. The zero-order valence-corrected chi connectivity index (χ0v) is 78.7. The second kappa shape index (κ2) is 50.7. The topological polar surface area (TPSA) is 160 Å². The van der Waals surface area contributed by atoms with Gasteiger partial charge in [0.1, 0.15) is 5.75 Å². The predicted octanol–water partition coefficient (Wildman–Crippen LogP) is 25.4. The number of likely N-dealkylation sites (N-methyl/N-ethyl adjacent to an activating group) is 1. The molecule has 12 aromatic rings. The Balaban J connectivity index is 0.000000150. The quantitative estimate of drug-likeness (QED) is 0.0159. The molecule has 3 aliphatic heterocycles. The summed E-state index contributed by atoms with van der Waals surface area (Å²) >= 11 is 0. The lowest BCUT2D eigenvalue weighted by atomic mass is 9.82. The van der Waals surface area contributed by atoms with Crippen molar-refractivity contribution in [3.8, 4) is 5.75 Å². The van der Waals surface area contributed by atoms with E-state index < -0.39 is 0 Å². The number of benzene rings is 12. The zero-order valence-electron chi connectivity index (χ0n) is 78.7. The predicted molar refractivity (Wildman–Crippen MR) is 553 cm³/mol. The van der Waals surface area contributed by atoms with E-state index in [0.29, 0.717) is 31.2 Å². The fourth-order valence-electron chi connectivity index (χ4n) is 19.2. The number of piperidine rings is 1. The van der Waals surface area contributed by atoms with Crippen molar-refractivity contribution in [3.05, 3.63) is 415 Å². The molecule has 1 aliphatic carbocycles. The fraction of sp³-hybridized carbons (Fsp3) is 0.328. The molecule has 0 atom stereocenters. The third kappa shape index (κ3) is 27.2. The van der Waals surface area contributed by atoms with E-state index in [1.807, 2.05) is 48.5 Å². The summed E-state index contributed by atoms with van der Waals surface area (Å²) in [5.41, 5.74) is 31.6. The fourth-order valence-corrected chi connectivity index (χ4v) is 19.2. The first-order valence-electron chi connectivity index (χ1n) is 48.4. The lowest BCUT2D eigenvalue weighted by molar-refractivity contribution is -0.384. The van der Waals surface area contributed by atoms with Crippen molar-refractivity contribution in [2.45, 2.75) is 149 Å². The number of anilines is 2. The molecule has 1 saturated carbocycles. The molecule has 0 radical (unpaired) electrons. The molecule has 12 aromatic carbocycles. The first-order valence-corrected chi connectivity index (χ1v) is 48.4. The summed E-state index contributed by atoms with van der Waals surface area (Å²) in [5.74, 6) is 1.64. The highest BCUT2D eigenvalue weighted by atomic mass is 16.6. The number of aliphatic hydroxyl groups excluding tert-OH is 4. The summed E-state index contributed by atoms with van der Waals surface area (Å²) in [5, 5.41) is 59.5. The minimum Gasteiger partial charge on any atom is -0.508 e. The van der Waals surface area contributed by atoms with E-state index in [-0.39, 0.29) is 42.8 Å². The van der Waals surface area contributed by atoms with E-state index in [4.69, 9.17) is 0 Å². The number of phenols is 1.